The first-order chi connectivity index (χ1) is 9.28. The fourth-order valence-corrected chi connectivity index (χ4v) is 1.83. The first-order valence-electron chi connectivity index (χ1n) is 6.35. The van der Waals surface area contributed by atoms with E-state index in [2.05, 4.69) is 53.3 Å². The summed E-state index contributed by atoms with van der Waals surface area (Å²) in [6.07, 6.45) is 3.77. The summed E-state index contributed by atoms with van der Waals surface area (Å²) in [4.78, 5) is 8.49. The van der Waals surface area contributed by atoms with Crippen LogP contribution in [-0.2, 0) is 6.54 Å². The molecule has 0 spiro atoms. The largest absolute Gasteiger partial charge is 0.296 e. The van der Waals surface area contributed by atoms with E-state index in [0.717, 1.165) is 11.1 Å². The first-order valence-corrected chi connectivity index (χ1v) is 6.35. The van der Waals surface area contributed by atoms with Crippen molar-refractivity contribution in [3.63, 3.8) is 0 Å². The fraction of sp³-hybridized carbons (Fsp3) is 0.176. The lowest BCUT2D eigenvalue weighted by Crippen LogP contribution is -1.87. The van der Waals surface area contributed by atoms with Gasteiger partial charge in [-0.25, -0.2) is 0 Å². The van der Waals surface area contributed by atoms with E-state index in [9.17, 15) is 0 Å². The molecule has 0 radical (unpaired) electrons. The summed E-state index contributed by atoms with van der Waals surface area (Å²) in [6.45, 7) is 2.78. The molecule has 0 aliphatic rings. The zero-order valence-corrected chi connectivity index (χ0v) is 11.4. The maximum atomic E-state index is 4.47. The van der Waals surface area contributed by atoms with Crippen LogP contribution in [0.1, 0.15) is 22.3 Å². The van der Waals surface area contributed by atoms with Gasteiger partial charge in [0.2, 0.25) is 0 Å². The Balaban J connectivity index is 2.02. The lowest BCUT2D eigenvalue weighted by atomic mass is 10.1. The molecule has 19 heavy (non-hydrogen) atoms. The number of aryl methyl sites for hydroxylation is 1. The molecule has 0 aliphatic heterocycles. The summed E-state index contributed by atoms with van der Waals surface area (Å²) < 4.78 is 0. The van der Waals surface area contributed by atoms with E-state index >= 15 is 0 Å². The number of benzene rings is 2. The Labute approximate surface area is 114 Å². The predicted molar refractivity (Wildman–Crippen MR) is 82.4 cm³/mol. The molecule has 96 valence electrons. The molecule has 0 unspecified atom stereocenters. The molecule has 0 bridgehead atoms. The van der Waals surface area contributed by atoms with Gasteiger partial charge >= 0.3 is 0 Å². The van der Waals surface area contributed by atoms with Gasteiger partial charge in [0, 0.05) is 19.5 Å². The van der Waals surface area contributed by atoms with Crippen LogP contribution < -0.4 is 0 Å². The van der Waals surface area contributed by atoms with E-state index in [1.54, 1.807) is 7.05 Å². The summed E-state index contributed by atoms with van der Waals surface area (Å²) >= 11 is 0. The van der Waals surface area contributed by atoms with Crippen molar-refractivity contribution in [3.05, 3.63) is 70.8 Å². The Kier molecular flexibility index (Phi) is 4.62. The standard InChI is InChI=1S/C17H18N2/c1-14-6-8-15(9-7-14)12-19-13-17-5-3-4-16(10-17)11-18-2/h3-12H,13H2,1-2H3. The Morgan fingerprint density at radius 2 is 1.74 bits per heavy atom. The van der Waals surface area contributed by atoms with Crippen molar-refractivity contribution in [2.75, 3.05) is 7.05 Å². The van der Waals surface area contributed by atoms with Crippen molar-refractivity contribution in [2.45, 2.75) is 13.5 Å². The second-order valence-electron chi connectivity index (χ2n) is 4.51. The zero-order valence-electron chi connectivity index (χ0n) is 11.4. The molecule has 2 rings (SSSR count). The molecule has 0 saturated carbocycles. The Morgan fingerprint density at radius 1 is 0.947 bits per heavy atom. The fourth-order valence-electron chi connectivity index (χ4n) is 1.83. The van der Waals surface area contributed by atoms with E-state index in [0.29, 0.717) is 6.54 Å². The van der Waals surface area contributed by atoms with Gasteiger partial charge in [0.15, 0.2) is 0 Å². The van der Waals surface area contributed by atoms with Gasteiger partial charge in [-0.3, -0.25) is 9.98 Å². The van der Waals surface area contributed by atoms with Crippen LogP contribution in [0, 0.1) is 6.92 Å². The van der Waals surface area contributed by atoms with Crippen LogP contribution in [0.15, 0.2) is 58.5 Å². The second-order valence-corrected chi connectivity index (χ2v) is 4.51. The topological polar surface area (TPSA) is 24.7 Å². The van der Waals surface area contributed by atoms with Crippen LogP contribution in [0.3, 0.4) is 0 Å². The van der Waals surface area contributed by atoms with E-state index in [1.807, 2.05) is 24.6 Å². The van der Waals surface area contributed by atoms with Gasteiger partial charge in [-0.15, -0.1) is 0 Å². The normalized spacial score (nSPS) is 11.5. The molecule has 0 amide bonds. The highest BCUT2D eigenvalue weighted by atomic mass is 14.7. The molecule has 0 fully saturated rings. The van der Waals surface area contributed by atoms with E-state index in [4.69, 9.17) is 0 Å². The van der Waals surface area contributed by atoms with Crippen LogP contribution in [0.2, 0.25) is 0 Å². The van der Waals surface area contributed by atoms with Crippen LogP contribution in [0.4, 0.5) is 0 Å². The molecule has 0 N–H and O–H groups in total. The third kappa shape index (κ3) is 4.18. The van der Waals surface area contributed by atoms with Gasteiger partial charge in [-0.2, -0.15) is 0 Å². The molecule has 2 heteroatoms. The molecule has 2 aromatic rings. The number of aliphatic imine (C=N–C) groups is 2. The van der Waals surface area contributed by atoms with Gasteiger partial charge in [0.05, 0.1) is 6.54 Å². The molecular weight excluding hydrogens is 232 g/mol. The van der Waals surface area contributed by atoms with E-state index in [-0.39, 0.29) is 0 Å². The van der Waals surface area contributed by atoms with Crippen LogP contribution >= 0.6 is 0 Å². The minimum Gasteiger partial charge on any atom is -0.296 e. The summed E-state index contributed by atoms with van der Waals surface area (Å²) in [5, 5.41) is 0. The molecule has 0 aromatic heterocycles. The Morgan fingerprint density at radius 3 is 2.47 bits per heavy atom. The lowest BCUT2D eigenvalue weighted by molar-refractivity contribution is 1.08. The van der Waals surface area contributed by atoms with E-state index in [1.165, 1.54) is 11.1 Å². The average Bonchev–Trinajstić information content (AvgIpc) is 2.42. The molecular formula is C17H18N2. The SMILES string of the molecule is CN=Cc1cccc(CN=Cc2ccc(C)cc2)c1. The third-order valence-corrected chi connectivity index (χ3v) is 2.82. The summed E-state index contributed by atoms with van der Waals surface area (Å²) in [5.41, 5.74) is 4.71. The minimum absolute atomic E-state index is 0.694. The number of hydrogen-bond donors (Lipinski definition) is 0. The van der Waals surface area contributed by atoms with Crippen molar-refractivity contribution in [3.8, 4) is 0 Å². The lowest BCUT2D eigenvalue weighted by Gasteiger charge is -1.99. The van der Waals surface area contributed by atoms with Gasteiger partial charge in [0.25, 0.3) is 0 Å². The van der Waals surface area contributed by atoms with Crippen LogP contribution in [0.25, 0.3) is 0 Å². The predicted octanol–water partition coefficient (Wildman–Crippen LogP) is 3.66. The second kappa shape index (κ2) is 6.64. The molecule has 0 saturated heterocycles. The molecule has 0 heterocycles. The van der Waals surface area contributed by atoms with Gasteiger partial charge < -0.3 is 0 Å². The summed E-state index contributed by atoms with van der Waals surface area (Å²) in [6, 6.07) is 16.6. The minimum atomic E-state index is 0.694. The number of hydrogen-bond acceptors (Lipinski definition) is 2. The van der Waals surface area contributed by atoms with Crippen molar-refractivity contribution < 1.29 is 0 Å². The van der Waals surface area contributed by atoms with Gasteiger partial charge in [-0.1, -0.05) is 48.0 Å². The summed E-state index contributed by atoms with van der Waals surface area (Å²) in [5.74, 6) is 0. The highest BCUT2D eigenvalue weighted by molar-refractivity contribution is 5.80. The van der Waals surface area contributed by atoms with Crippen molar-refractivity contribution >= 4 is 12.4 Å². The molecule has 2 aromatic carbocycles. The van der Waals surface area contributed by atoms with Crippen LogP contribution in [-0.4, -0.2) is 19.5 Å². The average molecular weight is 250 g/mol. The molecule has 0 aliphatic carbocycles. The molecule has 0 atom stereocenters. The zero-order chi connectivity index (χ0) is 13.5. The quantitative estimate of drug-likeness (QED) is 0.740. The van der Waals surface area contributed by atoms with Gasteiger partial charge in [0.1, 0.15) is 0 Å². The number of rotatable bonds is 4. The first kappa shape index (κ1) is 13.2. The monoisotopic (exact) mass is 250 g/mol. The number of nitrogens with zero attached hydrogens (tertiary/aromatic N) is 2. The third-order valence-electron chi connectivity index (χ3n) is 2.82. The van der Waals surface area contributed by atoms with Crippen molar-refractivity contribution in [2.24, 2.45) is 9.98 Å². The Hall–Kier alpha value is -2.22. The highest BCUT2D eigenvalue weighted by Crippen LogP contribution is 2.06. The summed E-state index contributed by atoms with van der Waals surface area (Å²) in [7, 11) is 1.78. The maximum absolute atomic E-state index is 4.47. The van der Waals surface area contributed by atoms with Crippen LogP contribution in [0.5, 0.6) is 0 Å². The maximum Gasteiger partial charge on any atom is 0.0640 e. The van der Waals surface area contributed by atoms with E-state index < -0.39 is 0 Å². The highest BCUT2D eigenvalue weighted by Gasteiger charge is 1.93. The van der Waals surface area contributed by atoms with Crippen molar-refractivity contribution in [1.29, 1.82) is 0 Å². The smallest absolute Gasteiger partial charge is 0.0640 e. The Bertz CT molecular complexity index is 580. The molecule has 2 nitrogen and oxygen atoms in total. The van der Waals surface area contributed by atoms with Crippen molar-refractivity contribution in [1.82, 2.24) is 0 Å². The van der Waals surface area contributed by atoms with Gasteiger partial charge in [-0.05, 0) is 29.7 Å².